The molecule has 0 aromatic heterocycles. The average Bonchev–Trinajstić information content (AvgIpc) is 2.48. The molecule has 0 aliphatic rings. The summed E-state index contributed by atoms with van der Waals surface area (Å²) in [6.45, 7) is 3.97. The van der Waals surface area contributed by atoms with E-state index in [1.165, 1.54) is 23.9 Å². The fourth-order valence-corrected chi connectivity index (χ4v) is 2.83. The number of ether oxygens (including phenoxy) is 1. The van der Waals surface area contributed by atoms with Gasteiger partial charge in [0.15, 0.2) is 0 Å². The molecule has 0 aliphatic heterocycles. The minimum atomic E-state index is -0.424. The molecule has 6 heteroatoms. The molecule has 0 atom stereocenters. The molecular formula is C16H15NO4S. The Morgan fingerprint density at radius 3 is 2.36 bits per heavy atom. The number of carbonyl (C=O) groups is 1. The van der Waals surface area contributed by atoms with E-state index in [1.54, 1.807) is 25.1 Å². The number of hydrogen-bond acceptors (Lipinski definition) is 5. The van der Waals surface area contributed by atoms with Crippen LogP contribution in [0, 0.1) is 17.0 Å². The highest BCUT2D eigenvalue weighted by molar-refractivity contribution is 7.99. The summed E-state index contributed by atoms with van der Waals surface area (Å²) < 4.78 is 4.99. The van der Waals surface area contributed by atoms with Gasteiger partial charge in [0.2, 0.25) is 0 Å². The second kappa shape index (κ2) is 7.09. The molecule has 0 radical (unpaired) electrons. The number of esters is 1. The summed E-state index contributed by atoms with van der Waals surface area (Å²) >= 11 is 1.48. The zero-order valence-electron chi connectivity index (χ0n) is 12.2. The molecule has 22 heavy (non-hydrogen) atoms. The van der Waals surface area contributed by atoms with Crippen LogP contribution >= 0.6 is 11.8 Å². The third-order valence-electron chi connectivity index (χ3n) is 2.98. The van der Waals surface area contributed by atoms with Gasteiger partial charge in [-0.2, -0.15) is 0 Å². The van der Waals surface area contributed by atoms with Crippen LogP contribution in [0.15, 0.2) is 52.3 Å². The molecule has 0 saturated carbocycles. The predicted molar refractivity (Wildman–Crippen MR) is 84.4 cm³/mol. The van der Waals surface area contributed by atoms with Gasteiger partial charge in [0.1, 0.15) is 0 Å². The van der Waals surface area contributed by atoms with Crippen LogP contribution in [0.5, 0.6) is 0 Å². The standard InChI is InChI=1S/C16H15NO4S/c1-3-21-16(18)15-9-8-14(10-11(15)2)22-13-6-4-12(5-7-13)17(19)20/h4-10H,3H2,1-2H3. The first-order valence-corrected chi connectivity index (χ1v) is 7.53. The molecule has 0 fully saturated rings. The number of aryl methyl sites for hydroxylation is 1. The lowest BCUT2D eigenvalue weighted by atomic mass is 10.1. The van der Waals surface area contributed by atoms with E-state index < -0.39 is 4.92 Å². The van der Waals surface area contributed by atoms with Gasteiger partial charge < -0.3 is 4.74 Å². The van der Waals surface area contributed by atoms with Crippen LogP contribution < -0.4 is 0 Å². The number of benzene rings is 2. The van der Waals surface area contributed by atoms with Crippen LogP contribution in [0.3, 0.4) is 0 Å². The van der Waals surface area contributed by atoms with Gasteiger partial charge in [-0.1, -0.05) is 11.8 Å². The smallest absolute Gasteiger partial charge is 0.338 e. The van der Waals surface area contributed by atoms with Crippen LogP contribution in [0.2, 0.25) is 0 Å². The molecule has 5 nitrogen and oxygen atoms in total. The summed E-state index contributed by atoms with van der Waals surface area (Å²) in [5, 5.41) is 10.6. The molecule has 0 heterocycles. The number of nitro benzene ring substituents is 1. The maximum Gasteiger partial charge on any atom is 0.338 e. The van der Waals surface area contributed by atoms with E-state index in [9.17, 15) is 14.9 Å². The maximum absolute atomic E-state index is 11.7. The molecule has 0 bridgehead atoms. The van der Waals surface area contributed by atoms with Crippen molar-refractivity contribution in [2.75, 3.05) is 6.61 Å². The van der Waals surface area contributed by atoms with Gasteiger partial charge in [-0.3, -0.25) is 10.1 Å². The Hall–Kier alpha value is -2.34. The first-order chi connectivity index (χ1) is 10.5. The molecular weight excluding hydrogens is 302 g/mol. The van der Waals surface area contributed by atoms with Gasteiger partial charge in [-0.15, -0.1) is 0 Å². The minimum absolute atomic E-state index is 0.0678. The highest BCUT2D eigenvalue weighted by Gasteiger charge is 2.11. The van der Waals surface area contributed by atoms with Crippen molar-refractivity contribution < 1.29 is 14.5 Å². The summed E-state index contributed by atoms with van der Waals surface area (Å²) in [4.78, 5) is 23.8. The van der Waals surface area contributed by atoms with Crippen LogP contribution in [0.4, 0.5) is 5.69 Å². The fraction of sp³-hybridized carbons (Fsp3) is 0.188. The van der Waals surface area contributed by atoms with Gasteiger partial charge in [0, 0.05) is 21.9 Å². The topological polar surface area (TPSA) is 69.4 Å². The number of hydrogen-bond donors (Lipinski definition) is 0. The van der Waals surface area contributed by atoms with E-state index in [-0.39, 0.29) is 11.7 Å². The SMILES string of the molecule is CCOC(=O)c1ccc(Sc2ccc([N+](=O)[O-])cc2)cc1C. The molecule has 0 unspecified atom stereocenters. The van der Waals surface area contributed by atoms with E-state index in [0.29, 0.717) is 12.2 Å². The average molecular weight is 317 g/mol. The Morgan fingerprint density at radius 1 is 1.18 bits per heavy atom. The van der Waals surface area contributed by atoms with Crippen LogP contribution in [0.1, 0.15) is 22.8 Å². The van der Waals surface area contributed by atoms with Crippen molar-refractivity contribution in [3.8, 4) is 0 Å². The zero-order chi connectivity index (χ0) is 16.1. The highest BCUT2D eigenvalue weighted by atomic mass is 32.2. The van der Waals surface area contributed by atoms with E-state index in [0.717, 1.165) is 15.4 Å². The van der Waals surface area contributed by atoms with Gasteiger partial charge in [-0.25, -0.2) is 4.79 Å². The van der Waals surface area contributed by atoms with Gasteiger partial charge in [-0.05, 0) is 49.7 Å². The lowest BCUT2D eigenvalue weighted by Crippen LogP contribution is -2.06. The van der Waals surface area contributed by atoms with Crippen molar-refractivity contribution in [1.82, 2.24) is 0 Å². The molecule has 0 saturated heterocycles. The zero-order valence-corrected chi connectivity index (χ0v) is 13.1. The molecule has 0 spiro atoms. The summed E-state index contributed by atoms with van der Waals surface area (Å²) in [6, 6.07) is 11.8. The van der Waals surface area contributed by atoms with Gasteiger partial charge >= 0.3 is 5.97 Å². The summed E-state index contributed by atoms with van der Waals surface area (Å²) in [5.74, 6) is -0.327. The Morgan fingerprint density at radius 2 is 1.82 bits per heavy atom. The van der Waals surface area contributed by atoms with Crippen molar-refractivity contribution in [1.29, 1.82) is 0 Å². The first kappa shape index (κ1) is 16.0. The minimum Gasteiger partial charge on any atom is -0.462 e. The quantitative estimate of drug-likeness (QED) is 0.469. The highest BCUT2D eigenvalue weighted by Crippen LogP contribution is 2.30. The number of nitro groups is 1. The normalized spacial score (nSPS) is 10.3. The summed E-state index contributed by atoms with van der Waals surface area (Å²) in [6.07, 6.45) is 0. The lowest BCUT2D eigenvalue weighted by Gasteiger charge is -2.08. The molecule has 0 N–H and O–H groups in total. The van der Waals surface area contributed by atoms with Crippen molar-refractivity contribution in [3.63, 3.8) is 0 Å². The Labute approximate surface area is 132 Å². The van der Waals surface area contributed by atoms with Crippen molar-refractivity contribution in [2.24, 2.45) is 0 Å². The Kier molecular flexibility index (Phi) is 5.16. The van der Waals surface area contributed by atoms with E-state index in [4.69, 9.17) is 4.74 Å². The Bertz CT molecular complexity index is 698. The molecule has 2 aromatic carbocycles. The van der Waals surface area contributed by atoms with Crippen LogP contribution in [0.25, 0.3) is 0 Å². The lowest BCUT2D eigenvalue weighted by molar-refractivity contribution is -0.384. The summed E-state index contributed by atoms with van der Waals surface area (Å²) in [5.41, 5.74) is 1.46. The number of carbonyl (C=O) groups excluding carboxylic acids is 1. The third-order valence-corrected chi connectivity index (χ3v) is 3.97. The van der Waals surface area contributed by atoms with E-state index >= 15 is 0 Å². The van der Waals surface area contributed by atoms with Crippen molar-refractivity contribution in [2.45, 2.75) is 23.6 Å². The molecule has 2 rings (SSSR count). The molecule has 0 aliphatic carbocycles. The van der Waals surface area contributed by atoms with E-state index in [2.05, 4.69) is 0 Å². The third kappa shape index (κ3) is 3.85. The molecule has 0 amide bonds. The van der Waals surface area contributed by atoms with Crippen molar-refractivity contribution in [3.05, 3.63) is 63.7 Å². The van der Waals surface area contributed by atoms with Gasteiger partial charge in [0.05, 0.1) is 17.1 Å². The number of rotatable bonds is 5. The monoisotopic (exact) mass is 317 g/mol. The summed E-state index contributed by atoms with van der Waals surface area (Å²) in [7, 11) is 0. The van der Waals surface area contributed by atoms with E-state index in [1.807, 2.05) is 19.1 Å². The number of non-ortho nitro benzene ring substituents is 1. The fourth-order valence-electron chi connectivity index (χ4n) is 1.91. The Balaban J connectivity index is 2.15. The first-order valence-electron chi connectivity index (χ1n) is 6.71. The van der Waals surface area contributed by atoms with Crippen molar-refractivity contribution >= 4 is 23.4 Å². The largest absolute Gasteiger partial charge is 0.462 e. The maximum atomic E-state index is 11.7. The predicted octanol–water partition coefficient (Wildman–Crippen LogP) is 4.23. The molecule has 114 valence electrons. The van der Waals surface area contributed by atoms with Gasteiger partial charge in [0.25, 0.3) is 5.69 Å². The van der Waals surface area contributed by atoms with Crippen LogP contribution in [-0.2, 0) is 4.74 Å². The second-order valence-electron chi connectivity index (χ2n) is 4.55. The second-order valence-corrected chi connectivity index (χ2v) is 5.70. The number of nitrogens with zero attached hydrogens (tertiary/aromatic N) is 1. The van der Waals surface area contributed by atoms with Crippen LogP contribution in [-0.4, -0.2) is 17.5 Å². The molecule has 2 aromatic rings.